The van der Waals surface area contributed by atoms with Crippen LogP contribution in [0.4, 0.5) is 0 Å². The normalized spacial score (nSPS) is 19.3. The third-order valence-corrected chi connectivity index (χ3v) is 8.45. The topological polar surface area (TPSA) is 109 Å². The molecule has 9 nitrogen and oxygen atoms in total. The molecule has 2 saturated heterocycles. The highest BCUT2D eigenvalue weighted by Gasteiger charge is 2.27. The molecule has 3 heterocycles. The number of benzene rings is 1. The Hall–Kier alpha value is -2.30. The Morgan fingerprint density at radius 2 is 1.64 bits per heavy atom. The van der Waals surface area contributed by atoms with Gasteiger partial charge in [0.25, 0.3) is 0 Å². The highest BCUT2D eigenvalue weighted by Crippen LogP contribution is 2.24. The molecule has 2 aromatic rings. The molecule has 180 valence electrons. The highest BCUT2D eigenvalue weighted by atomic mass is 32.2. The largest absolute Gasteiger partial charge is 0.412 e. The van der Waals surface area contributed by atoms with Crippen LogP contribution in [0.2, 0.25) is 0 Å². The number of amides is 1. The van der Waals surface area contributed by atoms with E-state index < -0.39 is 15.9 Å². The second kappa shape index (κ2) is 10.8. The molecule has 1 aromatic carbocycles. The number of carbonyl (C=O) groups is 1. The summed E-state index contributed by atoms with van der Waals surface area (Å²) >= 11 is 0. The fraction of sp³-hybridized carbons (Fsp3) is 0.609. The van der Waals surface area contributed by atoms with Crippen molar-refractivity contribution in [1.29, 1.82) is 0 Å². The number of likely N-dealkylation sites (tertiary alicyclic amines) is 1. The minimum Gasteiger partial charge on any atom is -0.412 e. The van der Waals surface area contributed by atoms with E-state index in [9.17, 15) is 13.2 Å². The number of aromatic nitrogens is 2. The van der Waals surface area contributed by atoms with Crippen LogP contribution in [-0.2, 0) is 10.0 Å². The zero-order valence-corrected chi connectivity index (χ0v) is 20.0. The molecule has 1 N–H and O–H groups in total. The van der Waals surface area contributed by atoms with E-state index in [0.29, 0.717) is 31.2 Å². The molecule has 0 bridgehead atoms. The second-order valence-electron chi connectivity index (χ2n) is 8.89. The number of nitrogens with one attached hydrogen (secondary N) is 1. The molecule has 1 atom stereocenters. The lowest BCUT2D eigenvalue weighted by Crippen LogP contribution is -2.37. The zero-order valence-electron chi connectivity index (χ0n) is 19.2. The first kappa shape index (κ1) is 23.8. The van der Waals surface area contributed by atoms with Crippen LogP contribution in [-0.4, -0.2) is 72.5 Å². The lowest BCUT2D eigenvalue weighted by molar-refractivity contribution is 0.0914. The van der Waals surface area contributed by atoms with Gasteiger partial charge < -0.3 is 14.6 Å². The van der Waals surface area contributed by atoms with Gasteiger partial charge in [-0.1, -0.05) is 12.8 Å². The van der Waals surface area contributed by atoms with E-state index >= 15 is 0 Å². The van der Waals surface area contributed by atoms with Crippen LogP contribution < -0.4 is 5.32 Å². The number of rotatable bonds is 8. The maximum absolute atomic E-state index is 12.7. The van der Waals surface area contributed by atoms with Crippen molar-refractivity contribution >= 4 is 15.9 Å². The fourth-order valence-electron chi connectivity index (χ4n) is 4.47. The molecule has 0 radical (unpaired) electrons. The van der Waals surface area contributed by atoms with Gasteiger partial charge in [-0.15, -0.1) is 10.2 Å². The van der Waals surface area contributed by atoms with E-state index in [4.69, 9.17) is 4.42 Å². The minimum absolute atomic E-state index is 0.0961. The monoisotopic (exact) mass is 475 g/mol. The maximum atomic E-state index is 12.7. The van der Waals surface area contributed by atoms with Crippen LogP contribution in [0.15, 0.2) is 33.6 Å². The third-order valence-electron chi connectivity index (χ3n) is 6.53. The van der Waals surface area contributed by atoms with Crippen LogP contribution >= 0.6 is 0 Å². The van der Waals surface area contributed by atoms with Gasteiger partial charge in [0.05, 0.1) is 4.90 Å². The first-order valence-electron chi connectivity index (χ1n) is 11.9. The molecule has 2 aliphatic rings. The highest BCUT2D eigenvalue weighted by molar-refractivity contribution is 7.89. The van der Waals surface area contributed by atoms with Crippen LogP contribution in [0.3, 0.4) is 0 Å². The molecule has 2 aliphatic heterocycles. The Morgan fingerprint density at radius 3 is 2.30 bits per heavy atom. The smallest absolute Gasteiger partial charge is 0.308 e. The quantitative estimate of drug-likeness (QED) is 0.625. The Labute approximate surface area is 195 Å². The summed E-state index contributed by atoms with van der Waals surface area (Å²) in [6, 6.07) is 6.74. The van der Waals surface area contributed by atoms with Crippen molar-refractivity contribution in [3.63, 3.8) is 0 Å². The van der Waals surface area contributed by atoms with Crippen LogP contribution in [0.25, 0.3) is 11.5 Å². The fourth-order valence-corrected chi connectivity index (χ4v) is 5.98. The lowest BCUT2D eigenvalue weighted by Gasteiger charge is -2.27. The van der Waals surface area contributed by atoms with Gasteiger partial charge >= 0.3 is 11.8 Å². The van der Waals surface area contributed by atoms with E-state index in [-0.39, 0.29) is 16.7 Å². The summed E-state index contributed by atoms with van der Waals surface area (Å²) < 4.78 is 32.4. The minimum atomic E-state index is -3.47. The van der Waals surface area contributed by atoms with Crippen LogP contribution in [0.5, 0.6) is 0 Å². The molecule has 33 heavy (non-hydrogen) atoms. The summed E-state index contributed by atoms with van der Waals surface area (Å²) in [5.74, 6) is -0.311. The Kier molecular flexibility index (Phi) is 7.77. The van der Waals surface area contributed by atoms with Gasteiger partial charge in [0.15, 0.2) is 0 Å². The number of sulfonamides is 1. The molecule has 0 saturated carbocycles. The third kappa shape index (κ3) is 5.80. The van der Waals surface area contributed by atoms with E-state index in [1.54, 1.807) is 12.1 Å². The molecule has 1 amide bonds. The first-order chi connectivity index (χ1) is 15.9. The molecular formula is C23H33N5O4S. The SMILES string of the molecule is C[C@@H](CCNC(=O)c1nnc(-c2ccc(S(=O)(=O)N3CCCC3)cc2)o1)N1CCCCCC1. The van der Waals surface area contributed by atoms with Crippen molar-refractivity contribution in [3.8, 4) is 11.5 Å². The summed E-state index contributed by atoms with van der Waals surface area (Å²) in [4.78, 5) is 15.2. The van der Waals surface area contributed by atoms with Gasteiger partial charge in [0, 0.05) is 31.2 Å². The molecule has 1 aromatic heterocycles. The van der Waals surface area contributed by atoms with Crippen molar-refractivity contribution in [2.75, 3.05) is 32.7 Å². The number of hydrogen-bond donors (Lipinski definition) is 1. The van der Waals surface area contributed by atoms with Gasteiger partial charge in [-0.25, -0.2) is 8.42 Å². The van der Waals surface area contributed by atoms with Gasteiger partial charge in [0.2, 0.25) is 15.9 Å². The molecule has 2 fully saturated rings. The number of hydrogen-bond acceptors (Lipinski definition) is 7. The second-order valence-corrected chi connectivity index (χ2v) is 10.8. The average Bonchev–Trinajstić information content (AvgIpc) is 3.47. The van der Waals surface area contributed by atoms with Gasteiger partial charge in [0.1, 0.15) is 0 Å². The van der Waals surface area contributed by atoms with Crippen molar-refractivity contribution in [2.24, 2.45) is 0 Å². The Balaban J connectivity index is 1.31. The average molecular weight is 476 g/mol. The van der Waals surface area contributed by atoms with E-state index in [0.717, 1.165) is 32.4 Å². The van der Waals surface area contributed by atoms with Gasteiger partial charge in [-0.2, -0.15) is 4.31 Å². The molecule has 10 heteroatoms. The molecule has 0 spiro atoms. The van der Waals surface area contributed by atoms with Crippen molar-refractivity contribution < 1.29 is 17.6 Å². The van der Waals surface area contributed by atoms with Crippen LogP contribution in [0.1, 0.15) is 62.6 Å². The predicted molar refractivity (Wildman–Crippen MR) is 124 cm³/mol. The summed E-state index contributed by atoms with van der Waals surface area (Å²) in [7, 11) is -3.47. The molecule has 0 aliphatic carbocycles. The Bertz CT molecular complexity index is 1020. The zero-order chi connectivity index (χ0) is 23.3. The van der Waals surface area contributed by atoms with Gasteiger partial charge in [-0.05, 0) is 76.4 Å². The number of carbonyl (C=O) groups excluding carboxylic acids is 1. The van der Waals surface area contributed by atoms with Gasteiger partial charge in [-0.3, -0.25) is 4.79 Å². The van der Waals surface area contributed by atoms with E-state index in [1.807, 2.05) is 0 Å². The summed E-state index contributed by atoms with van der Waals surface area (Å²) in [6.45, 7) is 6.11. The van der Waals surface area contributed by atoms with Crippen molar-refractivity contribution in [3.05, 3.63) is 30.2 Å². The predicted octanol–water partition coefficient (Wildman–Crippen LogP) is 2.91. The maximum Gasteiger partial charge on any atom is 0.308 e. The molecule has 4 rings (SSSR count). The van der Waals surface area contributed by atoms with Crippen molar-refractivity contribution in [2.45, 2.75) is 62.8 Å². The lowest BCUT2D eigenvalue weighted by atomic mass is 10.2. The summed E-state index contributed by atoms with van der Waals surface area (Å²) in [5.41, 5.74) is 0.566. The van der Waals surface area contributed by atoms with Crippen LogP contribution in [0, 0.1) is 0 Å². The summed E-state index contributed by atoms with van der Waals surface area (Å²) in [6.07, 6.45) is 7.73. The molecule has 0 unspecified atom stereocenters. The molecular weight excluding hydrogens is 442 g/mol. The van der Waals surface area contributed by atoms with E-state index in [1.165, 1.54) is 42.1 Å². The standard InChI is InChI=1S/C23H33N5O4S/c1-18(27-14-4-2-3-5-15-27)12-13-24-21(29)23-26-25-22(32-23)19-8-10-20(11-9-19)33(30,31)28-16-6-7-17-28/h8-11,18H,2-7,12-17H2,1H3,(H,24,29)/t18-/m0/s1. The first-order valence-corrected chi connectivity index (χ1v) is 13.4. The van der Waals surface area contributed by atoms with E-state index in [2.05, 4.69) is 27.3 Å². The Morgan fingerprint density at radius 1 is 1.00 bits per heavy atom. The van der Waals surface area contributed by atoms with Crippen molar-refractivity contribution in [1.82, 2.24) is 24.7 Å². The number of nitrogens with zero attached hydrogens (tertiary/aromatic N) is 4. The summed E-state index contributed by atoms with van der Waals surface area (Å²) in [5, 5.41) is 10.7.